The maximum atomic E-state index is 12.8. The van der Waals surface area contributed by atoms with E-state index in [-0.39, 0.29) is 11.8 Å². The Morgan fingerprint density at radius 3 is 3.04 bits per heavy atom. The van der Waals surface area contributed by atoms with Gasteiger partial charge in [-0.2, -0.15) is 0 Å². The maximum absolute atomic E-state index is 12.8. The van der Waals surface area contributed by atoms with Gasteiger partial charge in [0.1, 0.15) is 0 Å². The molecule has 3 heterocycles. The zero-order chi connectivity index (χ0) is 16.2. The van der Waals surface area contributed by atoms with Gasteiger partial charge in [-0.15, -0.1) is 11.8 Å². The minimum atomic E-state index is -0.722. The van der Waals surface area contributed by atoms with Crippen LogP contribution in [0.2, 0.25) is 0 Å². The maximum Gasteiger partial charge on any atom is 0.262 e. The first-order valence-electron chi connectivity index (χ1n) is 7.63. The Bertz CT molecular complexity index is 832. The summed E-state index contributed by atoms with van der Waals surface area (Å²) in [5.74, 6) is 0.789. The second kappa shape index (κ2) is 5.21. The van der Waals surface area contributed by atoms with E-state index in [1.165, 1.54) is 16.9 Å². The summed E-state index contributed by atoms with van der Waals surface area (Å²) in [6.07, 6.45) is 1.05. The van der Waals surface area contributed by atoms with Crippen LogP contribution in [0.5, 0.6) is 0 Å². The number of hydrogen-bond donors (Lipinski definition) is 1. The van der Waals surface area contributed by atoms with Crippen LogP contribution in [0.1, 0.15) is 24.0 Å². The summed E-state index contributed by atoms with van der Waals surface area (Å²) in [6.45, 7) is 4.75. The van der Waals surface area contributed by atoms with E-state index in [1.54, 1.807) is 16.7 Å². The molecule has 2 aliphatic heterocycles. The largest absolute Gasteiger partial charge is 0.319 e. The highest BCUT2D eigenvalue weighted by molar-refractivity contribution is 8.01. The molecule has 23 heavy (non-hydrogen) atoms. The molecule has 120 valence electrons. The van der Waals surface area contributed by atoms with E-state index in [4.69, 9.17) is 0 Å². The molecule has 4 rings (SSSR count). The molecule has 7 heteroatoms. The number of aryl methyl sites for hydroxylation is 2. The van der Waals surface area contributed by atoms with Gasteiger partial charge < -0.3 is 4.90 Å². The molecule has 2 aliphatic rings. The molecule has 2 fully saturated rings. The number of nitrogens with one attached hydrogen (secondary N) is 1. The van der Waals surface area contributed by atoms with Gasteiger partial charge in [0.25, 0.3) is 5.91 Å². The molecule has 0 radical (unpaired) electrons. The minimum Gasteiger partial charge on any atom is -0.319 e. The number of amides is 2. The average Bonchev–Trinajstić information content (AvgIpc) is 3.15. The highest BCUT2D eigenvalue weighted by Gasteiger charge is 2.54. The number of rotatable bonds is 2. The fourth-order valence-corrected chi connectivity index (χ4v) is 5.86. The van der Waals surface area contributed by atoms with Crippen molar-refractivity contribution in [3.8, 4) is 0 Å². The summed E-state index contributed by atoms with van der Waals surface area (Å²) in [7, 11) is 0. The van der Waals surface area contributed by atoms with Gasteiger partial charge in [-0.3, -0.25) is 14.9 Å². The average molecular weight is 347 g/mol. The summed E-state index contributed by atoms with van der Waals surface area (Å²) >= 11 is 3.06. The Hall–Kier alpha value is -1.60. The van der Waals surface area contributed by atoms with Crippen LogP contribution in [0.25, 0.3) is 10.2 Å². The fourth-order valence-electron chi connectivity index (χ4n) is 3.43. The van der Waals surface area contributed by atoms with Crippen molar-refractivity contribution in [2.45, 2.75) is 31.6 Å². The smallest absolute Gasteiger partial charge is 0.262 e. The van der Waals surface area contributed by atoms with Crippen molar-refractivity contribution in [1.82, 2.24) is 9.88 Å². The van der Waals surface area contributed by atoms with Crippen LogP contribution in [0.15, 0.2) is 12.1 Å². The third kappa shape index (κ3) is 2.25. The third-order valence-electron chi connectivity index (χ3n) is 4.48. The summed E-state index contributed by atoms with van der Waals surface area (Å²) < 4.78 is 1.08. The number of carbonyl (C=O) groups is 2. The number of carbonyl (C=O) groups excluding carboxylic acids is 2. The SMILES string of the molecule is Cc1cc(C)c2nc(NC(=O)C34CCC(=O)N3CCS4)sc2c1. The molecule has 5 nitrogen and oxygen atoms in total. The zero-order valence-corrected chi connectivity index (χ0v) is 14.6. The van der Waals surface area contributed by atoms with Gasteiger partial charge in [-0.1, -0.05) is 17.4 Å². The van der Waals surface area contributed by atoms with Crippen LogP contribution in [0.4, 0.5) is 5.13 Å². The number of aromatic nitrogens is 1. The fraction of sp³-hybridized carbons (Fsp3) is 0.438. The number of fused-ring (bicyclic) bond motifs is 2. The highest BCUT2D eigenvalue weighted by atomic mass is 32.2. The molecule has 0 bridgehead atoms. The predicted octanol–water partition coefficient (Wildman–Crippen LogP) is 2.92. The molecular formula is C16H17N3O2S2. The molecule has 1 atom stereocenters. The monoisotopic (exact) mass is 347 g/mol. The second-order valence-electron chi connectivity index (χ2n) is 6.08. The van der Waals surface area contributed by atoms with E-state index in [9.17, 15) is 9.59 Å². The van der Waals surface area contributed by atoms with E-state index < -0.39 is 4.87 Å². The highest BCUT2D eigenvalue weighted by Crippen LogP contribution is 2.45. The molecule has 1 aromatic heterocycles. The number of thioether (sulfide) groups is 1. The van der Waals surface area contributed by atoms with Gasteiger partial charge in [0.05, 0.1) is 10.2 Å². The van der Waals surface area contributed by atoms with E-state index in [1.807, 2.05) is 6.92 Å². The van der Waals surface area contributed by atoms with Crippen molar-refractivity contribution in [2.24, 2.45) is 0 Å². The normalized spacial score (nSPS) is 23.6. The number of anilines is 1. The Labute approximate surface area is 142 Å². The molecule has 0 aliphatic carbocycles. The topological polar surface area (TPSA) is 62.3 Å². The molecule has 2 saturated heterocycles. The van der Waals surface area contributed by atoms with Crippen molar-refractivity contribution in [3.05, 3.63) is 23.3 Å². The molecule has 2 aromatic rings. The lowest BCUT2D eigenvalue weighted by Gasteiger charge is -2.28. The molecule has 2 amide bonds. The van der Waals surface area contributed by atoms with Crippen molar-refractivity contribution in [2.75, 3.05) is 17.6 Å². The number of benzene rings is 1. The van der Waals surface area contributed by atoms with Crippen molar-refractivity contribution < 1.29 is 9.59 Å². The first-order chi connectivity index (χ1) is 11.0. The second-order valence-corrected chi connectivity index (χ2v) is 8.48. The van der Waals surface area contributed by atoms with Gasteiger partial charge in [-0.25, -0.2) is 4.98 Å². The first-order valence-corrected chi connectivity index (χ1v) is 9.43. The summed E-state index contributed by atoms with van der Waals surface area (Å²) in [5, 5.41) is 3.57. The predicted molar refractivity (Wildman–Crippen MR) is 93.9 cm³/mol. The Morgan fingerprint density at radius 2 is 2.22 bits per heavy atom. The van der Waals surface area contributed by atoms with Gasteiger partial charge in [0.15, 0.2) is 10.0 Å². The first kappa shape index (κ1) is 15.0. The van der Waals surface area contributed by atoms with Crippen LogP contribution in [0.3, 0.4) is 0 Å². The summed E-state index contributed by atoms with van der Waals surface area (Å²) in [6, 6.07) is 4.18. The lowest BCUT2D eigenvalue weighted by Crippen LogP contribution is -2.48. The standard InChI is InChI=1S/C16H17N3O2S2/c1-9-7-10(2)13-11(8-9)23-15(17-13)18-14(21)16-4-3-12(20)19(16)5-6-22-16/h7-8H,3-6H2,1-2H3,(H,17,18,21). The summed E-state index contributed by atoms with van der Waals surface area (Å²) in [4.78, 5) is 30.4. The van der Waals surface area contributed by atoms with Crippen molar-refractivity contribution >= 4 is 50.3 Å². The Kier molecular flexibility index (Phi) is 3.39. The number of thiazole rings is 1. The van der Waals surface area contributed by atoms with Crippen molar-refractivity contribution in [1.29, 1.82) is 0 Å². The van der Waals surface area contributed by atoms with Crippen LogP contribution in [-0.2, 0) is 9.59 Å². The van der Waals surface area contributed by atoms with E-state index in [2.05, 4.69) is 29.4 Å². The van der Waals surface area contributed by atoms with Crippen LogP contribution >= 0.6 is 23.1 Å². The molecule has 0 spiro atoms. The van der Waals surface area contributed by atoms with Gasteiger partial charge >= 0.3 is 0 Å². The molecule has 1 aromatic carbocycles. The zero-order valence-electron chi connectivity index (χ0n) is 13.0. The lowest BCUT2D eigenvalue weighted by atomic mass is 10.1. The van der Waals surface area contributed by atoms with Gasteiger partial charge in [0.2, 0.25) is 5.91 Å². The summed E-state index contributed by atoms with van der Waals surface area (Å²) in [5.41, 5.74) is 3.24. The van der Waals surface area contributed by atoms with E-state index in [0.29, 0.717) is 24.5 Å². The quantitative estimate of drug-likeness (QED) is 0.907. The molecule has 1 N–H and O–H groups in total. The van der Waals surface area contributed by atoms with Crippen LogP contribution in [-0.4, -0.2) is 38.9 Å². The van der Waals surface area contributed by atoms with Gasteiger partial charge in [-0.05, 0) is 37.5 Å². The van der Waals surface area contributed by atoms with E-state index in [0.717, 1.165) is 21.5 Å². The van der Waals surface area contributed by atoms with Crippen LogP contribution in [0, 0.1) is 13.8 Å². The number of nitrogens with zero attached hydrogens (tertiary/aromatic N) is 2. The lowest BCUT2D eigenvalue weighted by molar-refractivity contribution is -0.133. The van der Waals surface area contributed by atoms with Gasteiger partial charge in [0, 0.05) is 18.7 Å². The minimum absolute atomic E-state index is 0.0842. The van der Waals surface area contributed by atoms with E-state index >= 15 is 0 Å². The molecular weight excluding hydrogens is 330 g/mol. The Balaban J connectivity index is 1.64. The van der Waals surface area contributed by atoms with Crippen molar-refractivity contribution in [3.63, 3.8) is 0 Å². The third-order valence-corrected chi connectivity index (χ3v) is 6.87. The van der Waals surface area contributed by atoms with Crippen LogP contribution < -0.4 is 5.32 Å². The molecule has 0 saturated carbocycles. The number of hydrogen-bond acceptors (Lipinski definition) is 5. The Morgan fingerprint density at radius 1 is 1.39 bits per heavy atom. The molecule has 1 unspecified atom stereocenters.